The molecule has 0 atom stereocenters. The summed E-state index contributed by atoms with van der Waals surface area (Å²) in [6.07, 6.45) is 0. The molecule has 0 bridgehead atoms. The molecule has 0 saturated carbocycles. The normalized spacial score (nSPS) is 12.0. The highest BCUT2D eigenvalue weighted by molar-refractivity contribution is 7.26. The minimum atomic E-state index is 0.715. The number of thiophene rings is 1. The topological polar surface area (TPSA) is 30.7 Å². The smallest absolute Gasteiger partial charge is 0.160 e. The van der Waals surface area contributed by atoms with Crippen LogP contribution >= 0.6 is 11.3 Å². The average molecular weight is 654 g/mol. The molecular formula is C46H27N3S. The summed E-state index contributed by atoms with van der Waals surface area (Å²) < 4.78 is 5.10. The van der Waals surface area contributed by atoms with Gasteiger partial charge in [-0.05, 0) is 52.6 Å². The third-order valence-electron chi connectivity index (χ3n) is 10.2. The van der Waals surface area contributed by atoms with Crippen molar-refractivity contribution in [2.75, 3.05) is 0 Å². The van der Waals surface area contributed by atoms with Gasteiger partial charge in [-0.1, -0.05) is 127 Å². The molecule has 4 heteroatoms. The summed E-state index contributed by atoms with van der Waals surface area (Å²) in [6, 6.07) is 58.7. The highest BCUT2D eigenvalue weighted by Gasteiger charge is 2.22. The maximum Gasteiger partial charge on any atom is 0.160 e. The van der Waals surface area contributed by atoms with Gasteiger partial charge in [-0.3, -0.25) is 0 Å². The summed E-state index contributed by atoms with van der Waals surface area (Å²) in [4.78, 5) is 10.3. The van der Waals surface area contributed by atoms with Crippen molar-refractivity contribution in [3.05, 3.63) is 164 Å². The quantitative estimate of drug-likeness (QED) is 0.178. The summed E-state index contributed by atoms with van der Waals surface area (Å²) in [5.41, 5.74) is 7.43. The van der Waals surface area contributed by atoms with E-state index in [1.54, 1.807) is 0 Å². The lowest BCUT2D eigenvalue weighted by molar-refractivity contribution is 1.18. The van der Waals surface area contributed by atoms with Gasteiger partial charge in [0.25, 0.3) is 0 Å². The number of aromatic nitrogens is 3. The fourth-order valence-electron chi connectivity index (χ4n) is 8.05. The van der Waals surface area contributed by atoms with Crippen LogP contribution in [0.3, 0.4) is 0 Å². The van der Waals surface area contributed by atoms with Crippen molar-refractivity contribution in [2.45, 2.75) is 0 Å². The van der Waals surface area contributed by atoms with Crippen molar-refractivity contribution in [3.63, 3.8) is 0 Å². The predicted molar refractivity (Wildman–Crippen MR) is 213 cm³/mol. The predicted octanol–water partition coefficient (Wildman–Crippen LogP) is 12.7. The van der Waals surface area contributed by atoms with Crippen LogP contribution in [0.5, 0.6) is 0 Å². The molecule has 3 heterocycles. The second-order valence-corrected chi connectivity index (χ2v) is 14.0. The van der Waals surface area contributed by atoms with Gasteiger partial charge in [-0.15, -0.1) is 11.3 Å². The Morgan fingerprint density at radius 2 is 1.08 bits per heavy atom. The van der Waals surface area contributed by atoms with Crippen LogP contribution in [0, 0.1) is 0 Å². The summed E-state index contributed by atoms with van der Waals surface area (Å²) in [7, 11) is 0. The van der Waals surface area contributed by atoms with Gasteiger partial charge < -0.3 is 4.57 Å². The maximum atomic E-state index is 5.23. The Balaban J connectivity index is 1.27. The van der Waals surface area contributed by atoms with Crippen molar-refractivity contribution in [3.8, 4) is 28.3 Å². The summed E-state index contributed by atoms with van der Waals surface area (Å²) in [6.45, 7) is 0. The lowest BCUT2D eigenvalue weighted by Crippen LogP contribution is -1.98. The molecule has 232 valence electrons. The Labute approximate surface area is 291 Å². The Bertz CT molecular complexity index is 3150. The third-order valence-corrected chi connectivity index (χ3v) is 11.3. The van der Waals surface area contributed by atoms with Gasteiger partial charge in [0.05, 0.1) is 22.2 Å². The van der Waals surface area contributed by atoms with E-state index in [2.05, 4.69) is 156 Å². The molecule has 3 nitrogen and oxygen atoms in total. The number of para-hydroxylation sites is 1. The molecule has 0 spiro atoms. The van der Waals surface area contributed by atoms with E-state index in [0.29, 0.717) is 5.82 Å². The monoisotopic (exact) mass is 653 g/mol. The fraction of sp³-hybridized carbons (Fsp3) is 0. The van der Waals surface area contributed by atoms with E-state index in [4.69, 9.17) is 9.97 Å². The molecule has 50 heavy (non-hydrogen) atoms. The van der Waals surface area contributed by atoms with E-state index in [-0.39, 0.29) is 0 Å². The number of benzene rings is 8. The second-order valence-electron chi connectivity index (χ2n) is 12.9. The summed E-state index contributed by atoms with van der Waals surface area (Å²) in [5.74, 6) is 0.715. The zero-order chi connectivity index (χ0) is 32.8. The first-order valence-corrected chi connectivity index (χ1v) is 17.7. The molecule has 0 unspecified atom stereocenters. The van der Waals surface area contributed by atoms with Crippen molar-refractivity contribution >= 4 is 85.8 Å². The first-order valence-electron chi connectivity index (χ1n) is 16.9. The Kier molecular flexibility index (Phi) is 5.83. The van der Waals surface area contributed by atoms with Crippen LogP contribution in [0.4, 0.5) is 0 Å². The van der Waals surface area contributed by atoms with Crippen LogP contribution in [0.1, 0.15) is 0 Å². The molecule has 0 aliphatic carbocycles. The SMILES string of the molecule is c1ccc(-c2nc(-c3cccc(-n4c5ccc6sc7ccccc7c6c5c5c6ccccc6c6ccccc6c54)c3)nc3ccccc23)cc1. The standard InChI is InChI=1S/C46H27N3S/c1-2-13-28(14-3-1)44-35-21-8-10-23-37(35)47-46(48-44)29-15-12-16-30(27-29)49-38-25-26-40-41(36-22-9-11-24-39(36)50-40)43(38)42-33-19-6-4-17-31(33)32-18-5-7-20-34(32)45(42)49/h1-27H. The molecule has 0 aliphatic rings. The van der Waals surface area contributed by atoms with Crippen molar-refractivity contribution < 1.29 is 0 Å². The van der Waals surface area contributed by atoms with Crippen LogP contribution in [0.25, 0.3) is 103 Å². The zero-order valence-corrected chi connectivity index (χ0v) is 27.7. The van der Waals surface area contributed by atoms with Gasteiger partial charge in [-0.25, -0.2) is 9.97 Å². The number of fused-ring (bicyclic) bond motifs is 13. The Hall–Kier alpha value is -6.36. The molecule has 0 radical (unpaired) electrons. The molecule has 0 aliphatic heterocycles. The average Bonchev–Trinajstić information content (AvgIpc) is 3.74. The first-order chi connectivity index (χ1) is 24.8. The van der Waals surface area contributed by atoms with E-state index in [0.717, 1.165) is 33.4 Å². The number of hydrogen-bond donors (Lipinski definition) is 0. The minimum absolute atomic E-state index is 0.715. The molecule has 11 rings (SSSR count). The first kappa shape index (κ1) is 27.6. The molecule has 8 aromatic carbocycles. The van der Waals surface area contributed by atoms with E-state index in [1.807, 2.05) is 23.5 Å². The molecule has 0 saturated heterocycles. The van der Waals surface area contributed by atoms with Gasteiger partial charge in [0.1, 0.15) is 0 Å². The lowest BCUT2D eigenvalue weighted by Gasteiger charge is -2.14. The maximum absolute atomic E-state index is 5.23. The van der Waals surface area contributed by atoms with Crippen LogP contribution in [-0.4, -0.2) is 14.5 Å². The van der Waals surface area contributed by atoms with Gasteiger partial charge in [0.2, 0.25) is 0 Å². The van der Waals surface area contributed by atoms with Crippen molar-refractivity contribution in [1.82, 2.24) is 14.5 Å². The highest BCUT2D eigenvalue weighted by Crippen LogP contribution is 2.48. The summed E-state index contributed by atoms with van der Waals surface area (Å²) >= 11 is 1.87. The zero-order valence-electron chi connectivity index (χ0n) is 26.8. The van der Waals surface area contributed by atoms with Crippen LogP contribution < -0.4 is 0 Å². The van der Waals surface area contributed by atoms with Crippen molar-refractivity contribution in [1.29, 1.82) is 0 Å². The highest BCUT2D eigenvalue weighted by atomic mass is 32.1. The molecule has 3 aromatic heterocycles. The Morgan fingerprint density at radius 1 is 0.420 bits per heavy atom. The van der Waals surface area contributed by atoms with Crippen LogP contribution in [0.2, 0.25) is 0 Å². The van der Waals surface area contributed by atoms with Crippen LogP contribution in [-0.2, 0) is 0 Å². The lowest BCUT2D eigenvalue weighted by atomic mass is 9.95. The molecule has 11 aromatic rings. The van der Waals surface area contributed by atoms with E-state index in [9.17, 15) is 0 Å². The number of hydrogen-bond acceptors (Lipinski definition) is 3. The van der Waals surface area contributed by atoms with Gasteiger partial charge in [0, 0.05) is 58.5 Å². The van der Waals surface area contributed by atoms with E-state index < -0.39 is 0 Å². The molecule has 0 N–H and O–H groups in total. The number of nitrogens with zero attached hydrogens (tertiary/aromatic N) is 3. The third kappa shape index (κ3) is 3.91. The van der Waals surface area contributed by atoms with E-state index >= 15 is 0 Å². The minimum Gasteiger partial charge on any atom is -0.309 e. The van der Waals surface area contributed by atoms with E-state index in [1.165, 1.54) is 63.5 Å². The van der Waals surface area contributed by atoms with Gasteiger partial charge in [-0.2, -0.15) is 0 Å². The van der Waals surface area contributed by atoms with Gasteiger partial charge >= 0.3 is 0 Å². The number of rotatable bonds is 3. The molecule has 0 amide bonds. The molecular weight excluding hydrogens is 627 g/mol. The van der Waals surface area contributed by atoms with Gasteiger partial charge in [0.15, 0.2) is 5.82 Å². The molecule has 0 fully saturated rings. The summed E-state index contributed by atoms with van der Waals surface area (Å²) in [5, 5.41) is 11.3. The van der Waals surface area contributed by atoms with Crippen LogP contribution in [0.15, 0.2) is 164 Å². The van der Waals surface area contributed by atoms with Crippen molar-refractivity contribution in [2.24, 2.45) is 0 Å². The fourth-order valence-corrected chi connectivity index (χ4v) is 9.16. The second kappa shape index (κ2) is 10.6. The largest absolute Gasteiger partial charge is 0.309 e. The Morgan fingerprint density at radius 3 is 1.92 bits per heavy atom.